The first-order chi connectivity index (χ1) is 9.13. The van der Waals surface area contributed by atoms with Crippen molar-refractivity contribution < 1.29 is 4.74 Å². The van der Waals surface area contributed by atoms with Crippen molar-refractivity contribution >= 4 is 11.9 Å². The van der Waals surface area contributed by atoms with Crippen LogP contribution in [0, 0.1) is 0 Å². The summed E-state index contributed by atoms with van der Waals surface area (Å²) in [7, 11) is 1.80. The van der Waals surface area contributed by atoms with E-state index >= 15 is 0 Å². The van der Waals surface area contributed by atoms with Crippen LogP contribution in [0.15, 0.2) is 18.7 Å². The van der Waals surface area contributed by atoms with Crippen LogP contribution in [0.1, 0.15) is 43.9 Å². The van der Waals surface area contributed by atoms with Crippen molar-refractivity contribution in [3.05, 3.63) is 30.0 Å². The van der Waals surface area contributed by atoms with Gasteiger partial charge in [-0.05, 0) is 42.5 Å². The van der Waals surface area contributed by atoms with Crippen LogP contribution in [0.2, 0.25) is 0 Å². The lowest BCUT2D eigenvalue weighted by Gasteiger charge is -2.32. The van der Waals surface area contributed by atoms with E-state index in [1.807, 2.05) is 6.08 Å². The van der Waals surface area contributed by atoms with Gasteiger partial charge >= 0.3 is 0 Å². The summed E-state index contributed by atoms with van der Waals surface area (Å²) in [4.78, 5) is 7.03. The molecule has 1 fully saturated rings. The summed E-state index contributed by atoms with van der Waals surface area (Å²) in [5.41, 5.74) is 2.30. The quantitative estimate of drug-likeness (QED) is 0.829. The maximum absolute atomic E-state index is 5.42. The number of anilines is 1. The molecule has 3 nitrogen and oxygen atoms in total. The van der Waals surface area contributed by atoms with Gasteiger partial charge in [-0.3, -0.25) is 0 Å². The number of nitrogens with zero attached hydrogens (tertiary/aromatic N) is 2. The molecule has 0 bridgehead atoms. The van der Waals surface area contributed by atoms with E-state index in [4.69, 9.17) is 4.74 Å². The highest BCUT2D eigenvalue weighted by atomic mass is 16.5. The number of methoxy groups -OCH3 is 1. The number of hydrogen-bond acceptors (Lipinski definition) is 3. The zero-order chi connectivity index (χ0) is 13.8. The van der Waals surface area contributed by atoms with Crippen molar-refractivity contribution in [1.29, 1.82) is 0 Å². The molecule has 19 heavy (non-hydrogen) atoms. The Labute approximate surface area is 116 Å². The van der Waals surface area contributed by atoms with Gasteiger partial charge in [0.1, 0.15) is 5.82 Å². The predicted molar refractivity (Wildman–Crippen MR) is 80.7 cm³/mol. The zero-order valence-corrected chi connectivity index (χ0v) is 12.2. The third-order valence-corrected chi connectivity index (χ3v) is 3.83. The highest BCUT2D eigenvalue weighted by molar-refractivity contribution is 5.51. The van der Waals surface area contributed by atoms with Crippen LogP contribution >= 0.6 is 0 Å². The van der Waals surface area contributed by atoms with Crippen LogP contribution in [-0.4, -0.2) is 31.3 Å². The molecule has 0 N–H and O–H groups in total. The molecule has 0 atom stereocenters. The average Bonchev–Trinajstić information content (AvgIpc) is 2.46. The molecule has 0 radical (unpaired) electrons. The van der Waals surface area contributed by atoms with Gasteiger partial charge in [0, 0.05) is 20.2 Å². The maximum atomic E-state index is 5.42. The van der Waals surface area contributed by atoms with Gasteiger partial charge in [0.2, 0.25) is 0 Å². The van der Waals surface area contributed by atoms with Crippen LogP contribution in [0.3, 0.4) is 0 Å². The fourth-order valence-corrected chi connectivity index (χ4v) is 2.48. The standard InChI is InChI=1S/C16H24N2O/c1-5-14-10-13(12(2)3)11-16(17-14)18-8-6-15(19-4)7-9-18/h5,10-12,15H,1,6-9H2,2-4H3. The van der Waals surface area contributed by atoms with Gasteiger partial charge in [0.15, 0.2) is 0 Å². The largest absolute Gasteiger partial charge is 0.381 e. The third-order valence-electron chi connectivity index (χ3n) is 3.83. The number of hydrogen-bond donors (Lipinski definition) is 0. The Morgan fingerprint density at radius 1 is 1.37 bits per heavy atom. The molecule has 0 aliphatic carbocycles. The van der Waals surface area contributed by atoms with Crippen LogP contribution in [0.4, 0.5) is 5.82 Å². The minimum atomic E-state index is 0.406. The summed E-state index contributed by atoms with van der Waals surface area (Å²) in [6.07, 6.45) is 4.39. The molecule has 0 unspecified atom stereocenters. The molecule has 2 heterocycles. The van der Waals surface area contributed by atoms with Gasteiger partial charge < -0.3 is 9.64 Å². The number of pyridine rings is 1. The molecule has 0 spiro atoms. The minimum Gasteiger partial charge on any atom is -0.381 e. The number of piperidine rings is 1. The molecular weight excluding hydrogens is 236 g/mol. The summed E-state index contributed by atoms with van der Waals surface area (Å²) in [5, 5.41) is 0. The maximum Gasteiger partial charge on any atom is 0.129 e. The Morgan fingerprint density at radius 3 is 2.58 bits per heavy atom. The smallest absolute Gasteiger partial charge is 0.129 e. The number of ether oxygens (including phenoxy) is 1. The summed E-state index contributed by atoms with van der Waals surface area (Å²) < 4.78 is 5.42. The molecule has 2 rings (SSSR count). The number of rotatable bonds is 4. The predicted octanol–water partition coefficient (Wildman–Crippen LogP) is 3.46. The van der Waals surface area contributed by atoms with E-state index in [1.165, 1.54) is 5.56 Å². The van der Waals surface area contributed by atoms with Gasteiger partial charge in [-0.15, -0.1) is 0 Å². The first-order valence-electron chi connectivity index (χ1n) is 7.06. The molecular formula is C16H24N2O. The summed E-state index contributed by atoms with van der Waals surface area (Å²) in [6, 6.07) is 4.34. The minimum absolute atomic E-state index is 0.406. The van der Waals surface area contributed by atoms with Crippen molar-refractivity contribution in [2.75, 3.05) is 25.1 Å². The summed E-state index contributed by atoms with van der Waals surface area (Å²) in [5.74, 6) is 1.59. The molecule has 1 aliphatic rings. The zero-order valence-electron chi connectivity index (χ0n) is 12.2. The number of aromatic nitrogens is 1. The fraction of sp³-hybridized carbons (Fsp3) is 0.562. The van der Waals surface area contributed by atoms with E-state index in [9.17, 15) is 0 Å². The highest BCUT2D eigenvalue weighted by Crippen LogP contribution is 2.24. The Balaban J connectivity index is 2.19. The van der Waals surface area contributed by atoms with Crippen LogP contribution in [0.25, 0.3) is 6.08 Å². The molecule has 104 valence electrons. The molecule has 1 aliphatic heterocycles. The second kappa shape index (κ2) is 6.20. The second-order valence-corrected chi connectivity index (χ2v) is 5.46. The van der Waals surface area contributed by atoms with E-state index < -0.39 is 0 Å². The monoisotopic (exact) mass is 260 g/mol. The first-order valence-corrected chi connectivity index (χ1v) is 7.06. The molecule has 0 amide bonds. The van der Waals surface area contributed by atoms with Crippen molar-refractivity contribution in [2.45, 2.75) is 38.7 Å². The van der Waals surface area contributed by atoms with E-state index in [-0.39, 0.29) is 0 Å². The van der Waals surface area contributed by atoms with Gasteiger partial charge in [-0.1, -0.05) is 20.4 Å². The Hall–Kier alpha value is -1.35. The van der Waals surface area contributed by atoms with E-state index in [0.29, 0.717) is 12.0 Å². The van der Waals surface area contributed by atoms with E-state index in [0.717, 1.165) is 37.4 Å². The molecule has 0 saturated carbocycles. The molecule has 1 saturated heterocycles. The summed E-state index contributed by atoms with van der Waals surface area (Å²) >= 11 is 0. The second-order valence-electron chi connectivity index (χ2n) is 5.46. The highest BCUT2D eigenvalue weighted by Gasteiger charge is 2.20. The first kappa shape index (κ1) is 14.1. The van der Waals surface area contributed by atoms with Crippen LogP contribution in [0.5, 0.6) is 0 Å². The van der Waals surface area contributed by atoms with Crippen molar-refractivity contribution in [1.82, 2.24) is 4.98 Å². The SMILES string of the molecule is C=Cc1cc(C(C)C)cc(N2CCC(OC)CC2)n1. The van der Waals surface area contributed by atoms with Crippen LogP contribution < -0.4 is 4.90 Å². The third kappa shape index (κ3) is 3.35. The lowest BCUT2D eigenvalue weighted by Crippen LogP contribution is -2.37. The van der Waals surface area contributed by atoms with Gasteiger partial charge in [-0.25, -0.2) is 4.98 Å². The Morgan fingerprint density at radius 2 is 2.05 bits per heavy atom. The average molecular weight is 260 g/mol. The molecule has 0 aromatic carbocycles. The van der Waals surface area contributed by atoms with Crippen LogP contribution in [-0.2, 0) is 4.74 Å². The lowest BCUT2D eigenvalue weighted by molar-refractivity contribution is 0.0818. The molecule has 3 heteroatoms. The molecule has 1 aromatic heterocycles. The Kier molecular flexibility index (Phi) is 4.59. The summed E-state index contributed by atoms with van der Waals surface area (Å²) in [6.45, 7) is 10.3. The van der Waals surface area contributed by atoms with E-state index in [2.05, 4.69) is 42.4 Å². The lowest BCUT2D eigenvalue weighted by atomic mass is 10.0. The fourth-order valence-electron chi connectivity index (χ4n) is 2.48. The molecule has 1 aromatic rings. The Bertz CT molecular complexity index is 434. The van der Waals surface area contributed by atoms with Gasteiger partial charge in [0.05, 0.1) is 11.8 Å². The van der Waals surface area contributed by atoms with Crippen molar-refractivity contribution in [3.63, 3.8) is 0 Å². The van der Waals surface area contributed by atoms with Gasteiger partial charge in [0.25, 0.3) is 0 Å². The van der Waals surface area contributed by atoms with Gasteiger partial charge in [-0.2, -0.15) is 0 Å². The van der Waals surface area contributed by atoms with Crippen molar-refractivity contribution in [2.24, 2.45) is 0 Å². The van der Waals surface area contributed by atoms with E-state index in [1.54, 1.807) is 7.11 Å². The normalized spacial score (nSPS) is 16.9. The van der Waals surface area contributed by atoms with Crippen molar-refractivity contribution in [3.8, 4) is 0 Å². The topological polar surface area (TPSA) is 25.4 Å².